The van der Waals surface area contributed by atoms with Gasteiger partial charge in [0.15, 0.2) is 11.6 Å². The molecule has 5 nitrogen and oxygen atoms in total. The molecule has 2 aliphatic rings. The number of hydrogen-bond donors (Lipinski definition) is 0. The predicted molar refractivity (Wildman–Crippen MR) is 140 cm³/mol. The van der Waals surface area contributed by atoms with Gasteiger partial charge in [-0.1, -0.05) is 55.6 Å². The van der Waals surface area contributed by atoms with Crippen LogP contribution in [0.2, 0.25) is 0 Å². The molecule has 0 saturated carbocycles. The fourth-order valence-electron chi connectivity index (χ4n) is 4.11. The van der Waals surface area contributed by atoms with Crippen LogP contribution < -0.4 is 4.31 Å². The van der Waals surface area contributed by atoms with E-state index in [0.717, 1.165) is 32.9 Å². The average molecular weight is 605 g/mol. The van der Waals surface area contributed by atoms with Gasteiger partial charge in [0, 0.05) is 39.5 Å². The lowest BCUT2D eigenvalue weighted by molar-refractivity contribution is 0.0967. The van der Waals surface area contributed by atoms with Crippen LogP contribution in [0.25, 0.3) is 0 Å². The lowest BCUT2D eigenvalue weighted by Crippen LogP contribution is -2.37. The predicted octanol–water partition coefficient (Wildman–Crippen LogP) is 6.51. The summed E-state index contributed by atoms with van der Waals surface area (Å²) in [6.45, 7) is 2.07. The molecule has 0 fully saturated rings. The zero-order chi connectivity index (χ0) is 24.5. The number of aryl methyl sites for hydroxylation is 2. The van der Waals surface area contributed by atoms with Gasteiger partial charge in [-0.15, -0.1) is 0 Å². The van der Waals surface area contributed by atoms with E-state index >= 15 is 0 Å². The summed E-state index contributed by atoms with van der Waals surface area (Å²) >= 11 is 6.74. The summed E-state index contributed by atoms with van der Waals surface area (Å²) in [5.41, 5.74) is 4.00. The van der Waals surface area contributed by atoms with E-state index in [4.69, 9.17) is 0 Å². The molecular formula is C26H23Br2NO4S. The molecule has 0 saturated heterocycles. The Morgan fingerprint density at radius 3 is 2.09 bits per heavy atom. The third kappa shape index (κ3) is 5.19. The Morgan fingerprint density at radius 1 is 0.765 bits per heavy atom. The molecule has 34 heavy (non-hydrogen) atoms. The number of fused-ring (bicyclic) bond motifs is 2. The molecule has 1 aliphatic heterocycles. The van der Waals surface area contributed by atoms with Gasteiger partial charge in [-0.05, 0) is 67.8 Å². The number of nitrogens with zero attached hydrogens (tertiary/aromatic N) is 1. The van der Waals surface area contributed by atoms with Crippen molar-refractivity contribution >= 4 is 59.1 Å². The molecule has 176 valence electrons. The molecule has 5 rings (SSSR count). The van der Waals surface area contributed by atoms with Crippen LogP contribution in [0.1, 0.15) is 51.1 Å². The van der Waals surface area contributed by atoms with E-state index in [-0.39, 0.29) is 23.6 Å². The SMILES string of the molecule is Cc1ccc(S(=O)(=O)N2CCC(=O)c3ccc(Br)cc32)cc1.O=C1CCCc2cc(Br)ccc21. The summed E-state index contributed by atoms with van der Waals surface area (Å²) in [4.78, 5) is 23.6. The number of benzene rings is 3. The number of halogens is 2. The van der Waals surface area contributed by atoms with Crippen LogP contribution in [0.4, 0.5) is 5.69 Å². The fourth-order valence-corrected chi connectivity index (χ4v) is 6.34. The Balaban J connectivity index is 0.000000192. The third-order valence-corrected chi connectivity index (χ3v) is 8.71. The standard InChI is InChI=1S/C16H14BrNO3S.C10H9BrO/c1-11-2-5-13(6-3-11)22(20,21)18-9-8-16(19)14-7-4-12(17)10-15(14)18;11-8-4-5-9-7(6-8)2-1-3-10(9)12/h2-7,10H,8-9H2,1H3;4-6H,1-3H2. The van der Waals surface area contributed by atoms with E-state index < -0.39 is 10.0 Å². The van der Waals surface area contributed by atoms with Crippen LogP contribution in [0.5, 0.6) is 0 Å². The summed E-state index contributed by atoms with van der Waals surface area (Å²) in [5.74, 6) is 0.265. The number of ketones is 2. The molecule has 0 bridgehead atoms. The molecule has 0 atom stereocenters. The summed E-state index contributed by atoms with van der Waals surface area (Å²) in [7, 11) is -3.67. The minimum Gasteiger partial charge on any atom is -0.294 e. The van der Waals surface area contributed by atoms with E-state index in [2.05, 4.69) is 31.9 Å². The van der Waals surface area contributed by atoms with Crippen LogP contribution >= 0.6 is 31.9 Å². The van der Waals surface area contributed by atoms with Gasteiger partial charge < -0.3 is 0 Å². The molecule has 0 radical (unpaired) electrons. The number of hydrogen-bond acceptors (Lipinski definition) is 4. The highest BCUT2D eigenvalue weighted by Crippen LogP contribution is 2.34. The van der Waals surface area contributed by atoms with Crippen molar-refractivity contribution < 1.29 is 18.0 Å². The van der Waals surface area contributed by atoms with Crippen LogP contribution in [0.15, 0.2) is 74.5 Å². The van der Waals surface area contributed by atoms with E-state index in [1.807, 2.05) is 25.1 Å². The molecule has 0 aromatic heterocycles. The molecule has 3 aromatic carbocycles. The molecule has 1 heterocycles. The van der Waals surface area contributed by atoms with Crippen LogP contribution in [-0.2, 0) is 16.4 Å². The third-order valence-electron chi connectivity index (χ3n) is 5.90. The van der Waals surface area contributed by atoms with E-state index in [1.54, 1.807) is 42.5 Å². The Kier molecular flexibility index (Phi) is 7.40. The molecular weight excluding hydrogens is 582 g/mol. The van der Waals surface area contributed by atoms with Crippen molar-refractivity contribution in [3.8, 4) is 0 Å². The quantitative estimate of drug-likeness (QED) is 0.334. The van der Waals surface area contributed by atoms with Crippen molar-refractivity contribution in [1.29, 1.82) is 0 Å². The smallest absolute Gasteiger partial charge is 0.264 e. The largest absolute Gasteiger partial charge is 0.294 e. The molecule has 0 spiro atoms. The highest BCUT2D eigenvalue weighted by atomic mass is 79.9. The van der Waals surface area contributed by atoms with Crippen LogP contribution in [0.3, 0.4) is 0 Å². The van der Waals surface area contributed by atoms with Gasteiger partial charge in [-0.25, -0.2) is 8.42 Å². The van der Waals surface area contributed by atoms with Crippen molar-refractivity contribution in [2.24, 2.45) is 0 Å². The van der Waals surface area contributed by atoms with Crippen LogP contribution in [0, 0.1) is 6.92 Å². The molecule has 3 aromatic rings. The summed E-state index contributed by atoms with van der Waals surface area (Å²) in [6, 6.07) is 17.7. The second-order valence-electron chi connectivity index (χ2n) is 8.30. The number of rotatable bonds is 2. The first-order chi connectivity index (χ1) is 16.2. The zero-order valence-electron chi connectivity index (χ0n) is 18.6. The molecule has 0 unspecified atom stereocenters. The van der Waals surface area contributed by atoms with E-state index in [0.29, 0.717) is 23.5 Å². The lowest BCUT2D eigenvalue weighted by atomic mass is 9.91. The van der Waals surface area contributed by atoms with Gasteiger partial charge in [-0.2, -0.15) is 0 Å². The highest BCUT2D eigenvalue weighted by Gasteiger charge is 2.32. The fraction of sp³-hybridized carbons (Fsp3) is 0.231. The van der Waals surface area contributed by atoms with Gasteiger partial charge in [0.1, 0.15) is 0 Å². The number of carbonyl (C=O) groups excluding carboxylic acids is 2. The van der Waals surface area contributed by atoms with Gasteiger partial charge in [-0.3, -0.25) is 13.9 Å². The maximum atomic E-state index is 12.9. The average Bonchev–Trinajstić information content (AvgIpc) is 2.80. The second-order valence-corrected chi connectivity index (χ2v) is 12.0. The van der Waals surface area contributed by atoms with Gasteiger partial charge in [0.2, 0.25) is 0 Å². The second kappa shape index (κ2) is 10.1. The van der Waals surface area contributed by atoms with E-state index in [1.165, 1.54) is 9.87 Å². The minimum absolute atomic E-state index is 0.0298. The maximum absolute atomic E-state index is 12.9. The van der Waals surface area contributed by atoms with Crippen molar-refractivity contribution in [2.75, 3.05) is 10.8 Å². The van der Waals surface area contributed by atoms with Crippen molar-refractivity contribution in [3.63, 3.8) is 0 Å². The first-order valence-electron chi connectivity index (χ1n) is 10.9. The van der Waals surface area contributed by atoms with Gasteiger partial charge in [0.05, 0.1) is 10.6 Å². The molecule has 8 heteroatoms. The Labute approximate surface area is 216 Å². The van der Waals surface area contributed by atoms with Crippen LogP contribution in [-0.4, -0.2) is 26.5 Å². The Bertz CT molecular complexity index is 1370. The van der Waals surface area contributed by atoms with Crippen molar-refractivity contribution in [1.82, 2.24) is 0 Å². The lowest BCUT2D eigenvalue weighted by Gasteiger charge is -2.30. The summed E-state index contributed by atoms with van der Waals surface area (Å²) < 4.78 is 28.9. The highest BCUT2D eigenvalue weighted by molar-refractivity contribution is 9.10. The number of sulfonamides is 1. The molecule has 1 aliphatic carbocycles. The first kappa shape index (κ1) is 24.8. The maximum Gasteiger partial charge on any atom is 0.264 e. The normalized spacial score (nSPS) is 15.2. The molecule has 0 N–H and O–H groups in total. The topological polar surface area (TPSA) is 71.5 Å². The molecule has 0 amide bonds. The minimum atomic E-state index is -3.67. The number of carbonyl (C=O) groups is 2. The monoisotopic (exact) mass is 603 g/mol. The summed E-state index contributed by atoms with van der Waals surface area (Å²) in [6.07, 6.45) is 2.96. The van der Waals surface area contributed by atoms with Crippen molar-refractivity contribution in [2.45, 2.75) is 37.5 Å². The van der Waals surface area contributed by atoms with Gasteiger partial charge in [0.25, 0.3) is 10.0 Å². The Morgan fingerprint density at radius 2 is 1.38 bits per heavy atom. The number of anilines is 1. The first-order valence-corrected chi connectivity index (χ1v) is 13.9. The van der Waals surface area contributed by atoms with Crippen molar-refractivity contribution in [3.05, 3.63) is 91.9 Å². The zero-order valence-corrected chi connectivity index (χ0v) is 22.5. The Hall–Kier alpha value is -2.29. The van der Waals surface area contributed by atoms with Gasteiger partial charge >= 0.3 is 0 Å². The van der Waals surface area contributed by atoms with E-state index in [9.17, 15) is 18.0 Å². The summed E-state index contributed by atoms with van der Waals surface area (Å²) in [5, 5.41) is 0. The number of Topliss-reactive ketones (excluding diaryl/α,β-unsaturated/α-hetero) is 2.